The molecular weight excluding hydrogens is 289 g/mol. The predicted octanol–water partition coefficient (Wildman–Crippen LogP) is 3.03. The number of hydrogen-bond acceptors (Lipinski definition) is 4. The average Bonchev–Trinajstić information content (AvgIpc) is 2.73. The lowest BCUT2D eigenvalue weighted by molar-refractivity contribution is -0.144. The fourth-order valence-corrected chi connectivity index (χ4v) is 2.22. The third kappa shape index (κ3) is 2.60. The maximum Gasteiger partial charge on any atom is 0.453 e. The van der Waals surface area contributed by atoms with Gasteiger partial charge in [0, 0.05) is 4.90 Å². The first-order valence-corrected chi connectivity index (χ1v) is 6.31. The largest absolute Gasteiger partial charge is 0.453 e. The maximum absolute atomic E-state index is 12.6. The number of nitrogen functional groups attached to an aromatic ring is 1. The van der Waals surface area contributed by atoms with Gasteiger partial charge in [-0.3, -0.25) is 0 Å². The molecule has 0 amide bonds. The molecule has 0 fully saturated rings. The first kappa shape index (κ1) is 14.7. The van der Waals surface area contributed by atoms with Crippen LogP contribution >= 0.6 is 12.6 Å². The molecule has 0 unspecified atom stereocenters. The Hall–Kier alpha value is -1.70. The van der Waals surface area contributed by atoms with Crippen molar-refractivity contribution >= 4 is 18.6 Å². The molecule has 2 N–H and O–H groups in total. The van der Waals surface area contributed by atoms with Crippen molar-refractivity contribution in [3.05, 3.63) is 29.1 Å². The van der Waals surface area contributed by atoms with Gasteiger partial charge in [-0.25, -0.2) is 0 Å². The van der Waals surface area contributed by atoms with Crippen molar-refractivity contribution in [2.45, 2.75) is 31.3 Å². The highest BCUT2D eigenvalue weighted by Gasteiger charge is 2.37. The number of benzene rings is 1. The Bertz CT molecular complexity index is 649. The van der Waals surface area contributed by atoms with Gasteiger partial charge in [0.15, 0.2) is 0 Å². The van der Waals surface area contributed by atoms with Crippen LogP contribution in [-0.2, 0) is 12.6 Å². The van der Waals surface area contributed by atoms with E-state index in [1.165, 1.54) is 0 Å². The van der Waals surface area contributed by atoms with Crippen LogP contribution in [0.15, 0.2) is 17.0 Å². The summed E-state index contributed by atoms with van der Waals surface area (Å²) in [4.78, 5) is 3.93. The van der Waals surface area contributed by atoms with Crippen LogP contribution in [0.25, 0.3) is 5.69 Å². The number of alkyl halides is 3. The third-order valence-corrected chi connectivity index (χ3v) is 3.31. The van der Waals surface area contributed by atoms with E-state index in [2.05, 4.69) is 22.7 Å². The Balaban J connectivity index is 2.58. The number of nitrogens with two attached hydrogens (primary N) is 1. The minimum absolute atomic E-state index is 0.308. The molecule has 0 aliphatic heterocycles. The van der Waals surface area contributed by atoms with E-state index in [1.54, 1.807) is 13.0 Å². The molecule has 108 valence electrons. The second kappa shape index (κ2) is 5.01. The summed E-state index contributed by atoms with van der Waals surface area (Å²) in [7, 11) is 0. The fourth-order valence-electron chi connectivity index (χ4n) is 1.88. The number of nitrogens with zero attached hydrogens (tertiary/aromatic N) is 3. The van der Waals surface area contributed by atoms with Crippen LogP contribution in [0.4, 0.5) is 19.1 Å². The predicted molar refractivity (Wildman–Crippen MR) is 72.1 cm³/mol. The molecule has 8 heteroatoms. The second-order valence-corrected chi connectivity index (χ2v) is 4.81. The van der Waals surface area contributed by atoms with Gasteiger partial charge in [0.25, 0.3) is 5.82 Å². The van der Waals surface area contributed by atoms with E-state index in [9.17, 15) is 13.2 Å². The van der Waals surface area contributed by atoms with Crippen molar-refractivity contribution in [2.75, 3.05) is 5.73 Å². The van der Waals surface area contributed by atoms with Gasteiger partial charge in [-0.05, 0) is 30.5 Å². The van der Waals surface area contributed by atoms with Crippen LogP contribution in [0.1, 0.15) is 23.9 Å². The molecule has 0 saturated heterocycles. The van der Waals surface area contributed by atoms with E-state index in [-0.39, 0.29) is 5.95 Å². The monoisotopic (exact) mass is 302 g/mol. The zero-order valence-electron chi connectivity index (χ0n) is 10.9. The van der Waals surface area contributed by atoms with E-state index in [1.807, 2.05) is 13.0 Å². The highest BCUT2D eigenvalue weighted by atomic mass is 32.1. The van der Waals surface area contributed by atoms with Gasteiger partial charge >= 0.3 is 6.18 Å². The molecular formula is C12H13F3N4S. The Morgan fingerprint density at radius 2 is 2.00 bits per heavy atom. The summed E-state index contributed by atoms with van der Waals surface area (Å²) in [5, 5.41) is 3.43. The SMILES string of the molecule is CCc1cc(C)c(-n2nc(C(F)(F)F)nc2N)cc1S. The molecule has 0 saturated carbocycles. The molecule has 0 atom stereocenters. The van der Waals surface area contributed by atoms with Crippen LogP contribution in [0.2, 0.25) is 0 Å². The maximum atomic E-state index is 12.6. The van der Waals surface area contributed by atoms with E-state index in [4.69, 9.17) is 5.73 Å². The number of anilines is 1. The number of rotatable bonds is 2. The molecule has 1 heterocycles. The van der Waals surface area contributed by atoms with Gasteiger partial charge in [0.05, 0.1) is 5.69 Å². The average molecular weight is 302 g/mol. The molecule has 1 aromatic carbocycles. The Morgan fingerprint density at radius 1 is 1.35 bits per heavy atom. The quantitative estimate of drug-likeness (QED) is 0.838. The lowest BCUT2D eigenvalue weighted by atomic mass is 10.1. The standard InChI is InChI=1S/C12H13F3N4S/c1-3-7-4-6(2)8(5-9(7)20)19-11(16)17-10(18-19)12(13,14)15/h4-5,20H,3H2,1-2H3,(H2,16,17,18). The molecule has 20 heavy (non-hydrogen) atoms. The van der Waals surface area contributed by atoms with Crippen LogP contribution in [0, 0.1) is 6.92 Å². The summed E-state index contributed by atoms with van der Waals surface area (Å²) in [6.45, 7) is 3.75. The van der Waals surface area contributed by atoms with E-state index >= 15 is 0 Å². The van der Waals surface area contributed by atoms with Crippen molar-refractivity contribution in [1.82, 2.24) is 14.8 Å². The normalized spacial score (nSPS) is 11.9. The van der Waals surface area contributed by atoms with Crippen LogP contribution in [-0.4, -0.2) is 14.8 Å². The number of halogens is 3. The van der Waals surface area contributed by atoms with Crippen molar-refractivity contribution in [1.29, 1.82) is 0 Å². The molecule has 0 bridgehead atoms. The van der Waals surface area contributed by atoms with Crippen molar-refractivity contribution in [2.24, 2.45) is 0 Å². The molecule has 1 aromatic heterocycles. The molecule has 2 rings (SSSR count). The molecule has 2 aromatic rings. The summed E-state index contributed by atoms with van der Waals surface area (Å²) in [5.74, 6) is -1.56. The van der Waals surface area contributed by atoms with E-state index < -0.39 is 12.0 Å². The summed E-state index contributed by atoms with van der Waals surface area (Å²) < 4.78 is 38.7. The highest BCUT2D eigenvalue weighted by molar-refractivity contribution is 7.80. The highest BCUT2D eigenvalue weighted by Crippen LogP contribution is 2.29. The third-order valence-electron chi connectivity index (χ3n) is 2.89. The van der Waals surface area contributed by atoms with Gasteiger partial charge in [0.1, 0.15) is 0 Å². The smallest absolute Gasteiger partial charge is 0.368 e. The number of aryl methyl sites for hydroxylation is 2. The van der Waals surface area contributed by atoms with Crippen molar-refractivity contribution in [3.63, 3.8) is 0 Å². The van der Waals surface area contributed by atoms with Gasteiger partial charge in [-0.2, -0.15) is 22.8 Å². The van der Waals surface area contributed by atoms with Gasteiger partial charge in [0.2, 0.25) is 5.95 Å². The summed E-state index contributed by atoms with van der Waals surface area (Å²) in [5.41, 5.74) is 7.72. The van der Waals surface area contributed by atoms with Crippen LogP contribution in [0.5, 0.6) is 0 Å². The second-order valence-electron chi connectivity index (χ2n) is 4.32. The fraction of sp³-hybridized carbons (Fsp3) is 0.333. The Morgan fingerprint density at radius 3 is 2.50 bits per heavy atom. The van der Waals surface area contributed by atoms with E-state index in [0.717, 1.165) is 22.2 Å². The zero-order chi connectivity index (χ0) is 15.1. The Labute approximate surface area is 119 Å². The van der Waals surface area contributed by atoms with Crippen molar-refractivity contribution < 1.29 is 13.2 Å². The number of thiol groups is 1. The van der Waals surface area contributed by atoms with Gasteiger partial charge in [-0.1, -0.05) is 13.0 Å². The summed E-state index contributed by atoms with van der Waals surface area (Å²) >= 11 is 4.32. The zero-order valence-corrected chi connectivity index (χ0v) is 11.8. The number of hydrogen-bond donors (Lipinski definition) is 2. The Kier molecular flexibility index (Phi) is 3.68. The van der Waals surface area contributed by atoms with Crippen molar-refractivity contribution in [3.8, 4) is 5.69 Å². The minimum atomic E-state index is -4.62. The summed E-state index contributed by atoms with van der Waals surface area (Å²) in [6, 6.07) is 3.49. The molecule has 0 aliphatic carbocycles. The molecule has 0 aliphatic rings. The van der Waals surface area contributed by atoms with Crippen LogP contribution in [0.3, 0.4) is 0 Å². The first-order valence-electron chi connectivity index (χ1n) is 5.86. The number of aromatic nitrogens is 3. The van der Waals surface area contributed by atoms with E-state index in [0.29, 0.717) is 10.6 Å². The van der Waals surface area contributed by atoms with Crippen LogP contribution < -0.4 is 5.73 Å². The topological polar surface area (TPSA) is 56.7 Å². The molecule has 4 nitrogen and oxygen atoms in total. The van der Waals surface area contributed by atoms with Gasteiger partial charge < -0.3 is 5.73 Å². The minimum Gasteiger partial charge on any atom is -0.368 e. The van der Waals surface area contributed by atoms with Gasteiger partial charge in [-0.15, -0.1) is 17.7 Å². The summed E-state index contributed by atoms with van der Waals surface area (Å²) in [6.07, 6.45) is -3.85. The first-order chi connectivity index (χ1) is 9.24. The lowest BCUT2D eigenvalue weighted by Gasteiger charge is -2.11. The molecule has 0 spiro atoms. The lowest BCUT2D eigenvalue weighted by Crippen LogP contribution is -2.09. The molecule has 0 radical (unpaired) electrons.